The second-order valence-corrected chi connectivity index (χ2v) is 8.16. The van der Waals surface area contributed by atoms with E-state index in [2.05, 4.69) is 72.3 Å². The highest BCUT2D eigenvalue weighted by molar-refractivity contribution is 6.02. The SMILES string of the molecule is CCCOc1ccc(C(=O)N/N=C\c2c(C)n(Cc3ccc(C)cc3)c3ccccc23)cc1. The Bertz CT molecular complexity index is 1270. The average Bonchev–Trinajstić information content (AvgIpc) is 3.10. The number of amides is 1. The summed E-state index contributed by atoms with van der Waals surface area (Å²) in [5.41, 5.74) is 8.93. The van der Waals surface area contributed by atoms with Crippen LogP contribution in [-0.2, 0) is 6.54 Å². The summed E-state index contributed by atoms with van der Waals surface area (Å²) in [5, 5.41) is 5.37. The molecule has 0 unspecified atom stereocenters. The predicted molar refractivity (Wildman–Crippen MR) is 134 cm³/mol. The number of hydrogen-bond donors (Lipinski definition) is 1. The average molecular weight is 440 g/mol. The van der Waals surface area contributed by atoms with Gasteiger partial charge in [0.1, 0.15) is 5.75 Å². The first-order valence-corrected chi connectivity index (χ1v) is 11.3. The van der Waals surface area contributed by atoms with Crippen LogP contribution in [0.5, 0.6) is 5.75 Å². The molecule has 1 N–H and O–H groups in total. The molecule has 33 heavy (non-hydrogen) atoms. The van der Waals surface area contributed by atoms with Crippen LogP contribution >= 0.6 is 0 Å². The lowest BCUT2D eigenvalue weighted by atomic mass is 10.1. The Morgan fingerprint density at radius 2 is 1.73 bits per heavy atom. The maximum absolute atomic E-state index is 12.5. The molecular formula is C28H29N3O2. The minimum Gasteiger partial charge on any atom is -0.494 e. The summed E-state index contributed by atoms with van der Waals surface area (Å²) in [6.45, 7) is 7.68. The van der Waals surface area contributed by atoms with Crippen LogP contribution in [0.15, 0.2) is 77.9 Å². The standard InChI is InChI=1S/C28H29N3O2/c1-4-17-33-24-15-13-23(14-16-24)28(32)30-29-18-26-21(3)31(27-8-6-5-7-25(26)27)19-22-11-9-20(2)10-12-22/h5-16,18H,4,17,19H2,1-3H3,(H,30,32)/b29-18-. The van der Waals surface area contributed by atoms with E-state index < -0.39 is 0 Å². The van der Waals surface area contributed by atoms with E-state index in [9.17, 15) is 4.79 Å². The van der Waals surface area contributed by atoms with E-state index in [0.717, 1.165) is 40.9 Å². The minimum absolute atomic E-state index is 0.255. The van der Waals surface area contributed by atoms with Gasteiger partial charge in [-0.2, -0.15) is 5.10 Å². The number of nitrogens with zero attached hydrogens (tertiary/aromatic N) is 2. The third-order valence-electron chi connectivity index (χ3n) is 5.69. The molecule has 0 saturated heterocycles. The minimum atomic E-state index is -0.255. The molecule has 0 radical (unpaired) electrons. The molecule has 3 aromatic carbocycles. The van der Waals surface area contributed by atoms with E-state index in [-0.39, 0.29) is 5.91 Å². The van der Waals surface area contributed by atoms with Crippen LogP contribution in [0.1, 0.15) is 46.1 Å². The number of carbonyl (C=O) groups is 1. The van der Waals surface area contributed by atoms with Crippen molar-refractivity contribution in [1.82, 2.24) is 9.99 Å². The molecule has 0 saturated carbocycles. The molecule has 4 rings (SSSR count). The lowest BCUT2D eigenvalue weighted by molar-refractivity contribution is 0.0955. The number of aryl methyl sites for hydroxylation is 1. The molecule has 1 heterocycles. The van der Waals surface area contributed by atoms with Crippen LogP contribution in [0.4, 0.5) is 0 Å². The lowest BCUT2D eigenvalue weighted by Gasteiger charge is -2.09. The largest absolute Gasteiger partial charge is 0.494 e. The molecule has 1 aromatic heterocycles. The number of aromatic nitrogens is 1. The second kappa shape index (κ2) is 10.2. The van der Waals surface area contributed by atoms with Gasteiger partial charge < -0.3 is 9.30 Å². The zero-order valence-electron chi connectivity index (χ0n) is 19.3. The first-order valence-electron chi connectivity index (χ1n) is 11.3. The molecule has 0 bridgehead atoms. The molecule has 0 spiro atoms. The number of ether oxygens (including phenoxy) is 1. The van der Waals surface area contributed by atoms with E-state index in [1.54, 1.807) is 30.5 Å². The van der Waals surface area contributed by atoms with Gasteiger partial charge in [-0.1, -0.05) is 55.0 Å². The molecule has 168 valence electrons. The number of fused-ring (bicyclic) bond motifs is 1. The predicted octanol–water partition coefficient (Wildman–Crippen LogP) is 5.86. The van der Waals surface area contributed by atoms with Crippen LogP contribution in [-0.4, -0.2) is 23.3 Å². The van der Waals surface area contributed by atoms with Crippen molar-refractivity contribution in [3.63, 3.8) is 0 Å². The van der Waals surface area contributed by atoms with Gasteiger partial charge >= 0.3 is 0 Å². The van der Waals surface area contributed by atoms with E-state index in [0.29, 0.717) is 12.2 Å². The smallest absolute Gasteiger partial charge is 0.271 e. The second-order valence-electron chi connectivity index (χ2n) is 8.16. The van der Waals surface area contributed by atoms with Crippen molar-refractivity contribution in [2.24, 2.45) is 5.10 Å². The van der Waals surface area contributed by atoms with Crippen LogP contribution in [0, 0.1) is 13.8 Å². The van der Waals surface area contributed by atoms with Crippen molar-refractivity contribution in [1.29, 1.82) is 0 Å². The summed E-state index contributed by atoms with van der Waals surface area (Å²) in [7, 11) is 0. The van der Waals surface area contributed by atoms with Gasteiger partial charge in [-0.05, 0) is 56.2 Å². The first kappa shape index (κ1) is 22.3. The number of para-hydroxylation sites is 1. The maximum atomic E-state index is 12.5. The summed E-state index contributed by atoms with van der Waals surface area (Å²) in [4.78, 5) is 12.5. The van der Waals surface area contributed by atoms with E-state index in [1.165, 1.54) is 11.1 Å². The van der Waals surface area contributed by atoms with Gasteiger partial charge in [0.2, 0.25) is 0 Å². The summed E-state index contributed by atoms with van der Waals surface area (Å²) in [5.74, 6) is 0.503. The Kier molecular flexibility index (Phi) is 6.89. The molecule has 0 atom stereocenters. The number of carbonyl (C=O) groups excluding carboxylic acids is 1. The number of benzene rings is 3. The monoisotopic (exact) mass is 439 g/mol. The van der Waals surface area contributed by atoms with Crippen LogP contribution < -0.4 is 10.2 Å². The third kappa shape index (κ3) is 5.14. The Hall–Kier alpha value is -3.86. The summed E-state index contributed by atoms with van der Waals surface area (Å²) in [6, 6.07) is 24.0. The van der Waals surface area contributed by atoms with Gasteiger partial charge in [-0.25, -0.2) is 5.43 Å². The zero-order valence-corrected chi connectivity index (χ0v) is 19.3. The highest BCUT2D eigenvalue weighted by atomic mass is 16.5. The van der Waals surface area contributed by atoms with Crippen LogP contribution in [0.3, 0.4) is 0 Å². The molecule has 0 aliphatic rings. The molecule has 1 amide bonds. The van der Waals surface area contributed by atoms with Crippen molar-refractivity contribution < 1.29 is 9.53 Å². The molecule has 0 aliphatic heterocycles. The number of hydrogen-bond acceptors (Lipinski definition) is 3. The summed E-state index contributed by atoms with van der Waals surface area (Å²) >= 11 is 0. The normalized spacial score (nSPS) is 11.2. The highest BCUT2D eigenvalue weighted by Gasteiger charge is 2.13. The van der Waals surface area contributed by atoms with Gasteiger partial charge in [0.25, 0.3) is 5.91 Å². The van der Waals surface area contributed by atoms with Gasteiger partial charge in [0.15, 0.2) is 0 Å². The Labute approximate surface area is 194 Å². The van der Waals surface area contributed by atoms with Crippen LogP contribution in [0.25, 0.3) is 10.9 Å². The van der Waals surface area contributed by atoms with E-state index in [4.69, 9.17) is 4.74 Å². The number of nitrogens with one attached hydrogen (secondary N) is 1. The van der Waals surface area contributed by atoms with Crippen molar-refractivity contribution in [3.05, 3.63) is 101 Å². The van der Waals surface area contributed by atoms with Crippen LogP contribution in [0.2, 0.25) is 0 Å². The summed E-state index contributed by atoms with van der Waals surface area (Å²) < 4.78 is 7.86. The molecule has 0 aliphatic carbocycles. The molecule has 0 fully saturated rings. The van der Waals surface area contributed by atoms with Crippen molar-refractivity contribution in [3.8, 4) is 5.75 Å². The lowest BCUT2D eigenvalue weighted by Crippen LogP contribution is -2.17. The number of rotatable bonds is 8. The van der Waals surface area contributed by atoms with E-state index in [1.807, 2.05) is 12.1 Å². The molecule has 5 nitrogen and oxygen atoms in total. The van der Waals surface area contributed by atoms with Gasteiger partial charge in [0.05, 0.1) is 12.8 Å². The molecule has 5 heteroatoms. The van der Waals surface area contributed by atoms with Crippen molar-refractivity contribution in [2.75, 3.05) is 6.61 Å². The topological polar surface area (TPSA) is 55.6 Å². The van der Waals surface area contributed by atoms with Gasteiger partial charge in [-0.15, -0.1) is 0 Å². The van der Waals surface area contributed by atoms with Gasteiger partial charge in [-0.3, -0.25) is 4.79 Å². The quantitative estimate of drug-likeness (QED) is 0.276. The van der Waals surface area contributed by atoms with Crippen molar-refractivity contribution in [2.45, 2.75) is 33.7 Å². The Morgan fingerprint density at radius 1 is 1.00 bits per heavy atom. The van der Waals surface area contributed by atoms with Gasteiger partial charge in [0, 0.05) is 34.3 Å². The third-order valence-corrected chi connectivity index (χ3v) is 5.69. The highest BCUT2D eigenvalue weighted by Crippen LogP contribution is 2.25. The summed E-state index contributed by atoms with van der Waals surface area (Å²) in [6.07, 6.45) is 2.68. The Morgan fingerprint density at radius 3 is 2.45 bits per heavy atom. The van der Waals surface area contributed by atoms with E-state index >= 15 is 0 Å². The zero-order chi connectivity index (χ0) is 23.2. The Balaban J connectivity index is 1.53. The fourth-order valence-electron chi connectivity index (χ4n) is 3.84. The molecule has 4 aromatic rings. The number of hydrazone groups is 1. The fraction of sp³-hybridized carbons (Fsp3) is 0.214. The fourth-order valence-corrected chi connectivity index (χ4v) is 3.84. The van der Waals surface area contributed by atoms with Crippen molar-refractivity contribution >= 4 is 23.0 Å². The first-order chi connectivity index (χ1) is 16.1. The molecular weight excluding hydrogens is 410 g/mol. The maximum Gasteiger partial charge on any atom is 0.271 e.